The van der Waals surface area contributed by atoms with Gasteiger partial charge in [0.05, 0.1) is 0 Å². The van der Waals surface area contributed by atoms with E-state index in [1.54, 1.807) is 4.90 Å². The van der Waals surface area contributed by atoms with Crippen molar-refractivity contribution in [3.05, 3.63) is 29.3 Å². The molecule has 2 heterocycles. The lowest BCUT2D eigenvalue weighted by atomic mass is 10.0. The van der Waals surface area contributed by atoms with Crippen LogP contribution < -0.4 is 10.1 Å². The lowest BCUT2D eigenvalue weighted by Gasteiger charge is -2.35. The molecule has 3 amide bonds. The third-order valence-corrected chi connectivity index (χ3v) is 6.65. The number of likely N-dealkylation sites (N-methyl/N-ethyl adjacent to an activating group) is 1. The zero-order valence-electron chi connectivity index (χ0n) is 18.0. The van der Waals surface area contributed by atoms with Gasteiger partial charge in [0.2, 0.25) is 11.8 Å². The highest BCUT2D eigenvalue weighted by Gasteiger charge is 2.39. The van der Waals surface area contributed by atoms with Crippen molar-refractivity contribution in [1.82, 2.24) is 15.1 Å². The molecule has 2 fully saturated rings. The molecule has 30 heavy (non-hydrogen) atoms. The van der Waals surface area contributed by atoms with E-state index >= 15 is 0 Å². The minimum atomic E-state index is -0.588. The smallest absolute Gasteiger partial charge is 0.255 e. The zero-order valence-corrected chi connectivity index (χ0v) is 18.0. The monoisotopic (exact) mass is 413 g/mol. The maximum absolute atomic E-state index is 12.8. The topological polar surface area (TPSA) is 79.0 Å². The Bertz CT molecular complexity index is 853. The molecule has 1 saturated heterocycles. The molecule has 0 radical (unpaired) electrons. The number of nitrogens with zero attached hydrogens (tertiary/aromatic N) is 2. The Morgan fingerprint density at radius 2 is 2.00 bits per heavy atom. The molecule has 162 valence electrons. The number of piperidine rings is 1. The summed E-state index contributed by atoms with van der Waals surface area (Å²) in [7, 11) is 0. The molecule has 2 aliphatic heterocycles. The molecule has 0 bridgehead atoms. The fourth-order valence-corrected chi connectivity index (χ4v) is 5.20. The van der Waals surface area contributed by atoms with Crippen molar-refractivity contribution in [3.8, 4) is 5.75 Å². The SMILES string of the molecule is CCN(C(C)C)[C@@H]1CCC[C@@H]1Oc1ccc2c(c1)CN(C1CCC(=O)NC1=O)C2=O. The predicted molar refractivity (Wildman–Crippen MR) is 112 cm³/mol. The quantitative estimate of drug-likeness (QED) is 0.725. The van der Waals surface area contributed by atoms with E-state index < -0.39 is 6.04 Å². The first kappa shape index (κ1) is 20.8. The van der Waals surface area contributed by atoms with E-state index in [1.165, 1.54) is 0 Å². The lowest BCUT2D eigenvalue weighted by Crippen LogP contribution is -2.52. The van der Waals surface area contributed by atoms with Crippen LogP contribution in [0.5, 0.6) is 5.75 Å². The van der Waals surface area contributed by atoms with Crippen LogP contribution in [0.25, 0.3) is 0 Å². The number of nitrogens with one attached hydrogen (secondary N) is 1. The number of fused-ring (bicyclic) bond motifs is 1. The summed E-state index contributed by atoms with van der Waals surface area (Å²) >= 11 is 0. The summed E-state index contributed by atoms with van der Waals surface area (Å²) in [5, 5.41) is 2.34. The van der Waals surface area contributed by atoms with Crippen LogP contribution in [-0.4, -0.2) is 58.3 Å². The summed E-state index contributed by atoms with van der Waals surface area (Å²) in [6.45, 7) is 8.02. The van der Waals surface area contributed by atoms with Gasteiger partial charge in [-0.3, -0.25) is 24.6 Å². The molecule has 0 aromatic heterocycles. The average molecular weight is 414 g/mol. The normalized spacial score (nSPS) is 26.5. The second kappa shape index (κ2) is 8.38. The van der Waals surface area contributed by atoms with Crippen LogP contribution in [0.1, 0.15) is 68.8 Å². The van der Waals surface area contributed by atoms with Crippen molar-refractivity contribution in [3.63, 3.8) is 0 Å². The highest BCUT2D eigenvalue weighted by Crippen LogP contribution is 2.33. The van der Waals surface area contributed by atoms with Crippen molar-refractivity contribution < 1.29 is 19.1 Å². The average Bonchev–Trinajstić information content (AvgIpc) is 3.27. The van der Waals surface area contributed by atoms with E-state index in [2.05, 4.69) is 31.0 Å². The van der Waals surface area contributed by atoms with Crippen molar-refractivity contribution >= 4 is 17.7 Å². The number of hydrogen-bond acceptors (Lipinski definition) is 5. The first-order valence-corrected chi connectivity index (χ1v) is 11.1. The molecule has 3 atom stereocenters. The largest absolute Gasteiger partial charge is 0.489 e. The third-order valence-electron chi connectivity index (χ3n) is 6.65. The van der Waals surface area contributed by atoms with Gasteiger partial charge in [-0.05, 0) is 69.8 Å². The van der Waals surface area contributed by atoms with Crippen molar-refractivity contribution in [1.29, 1.82) is 0 Å². The molecule has 0 spiro atoms. The van der Waals surface area contributed by atoms with Crippen LogP contribution in [0.15, 0.2) is 18.2 Å². The van der Waals surface area contributed by atoms with E-state index in [-0.39, 0.29) is 30.2 Å². The molecule has 1 aromatic rings. The molecule has 1 N–H and O–H groups in total. The van der Waals surface area contributed by atoms with Gasteiger partial charge in [-0.2, -0.15) is 0 Å². The van der Waals surface area contributed by atoms with Crippen LogP contribution in [-0.2, 0) is 16.1 Å². The van der Waals surface area contributed by atoms with Crippen LogP contribution in [0.2, 0.25) is 0 Å². The summed E-state index contributed by atoms with van der Waals surface area (Å²) in [5.41, 5.74) is 1.50. The number of imide groups is 1. The van der Waals surface area contributed by atoms with Gasteiger partial charge in [0.15, 0.2) is 0 Å². The van der Waals surface area contributed by atoms with Gasteiger partial charge >= 0.3 is 0 Å². The second-order valence-corrected chi connectivity index (χ2v) is 8.80. The molecule has 1 aromatic carbocycles. The van der Waals surface area contributed by atoms with Gasteiger partial charge in [-0.15, -0.1) is 0 Å². The van der Waals surface area contributed by atoms with Crippen LogP contribution in [0.4, 0.5) is 0 Å². The Morgan fingerprint density at radius 3 is 2.70 bits per heavy atom. The van der Waals surface area contributed by atoms with Gasteiger partial charge in [-0.25, -0.2) is 0 Å². The predicted octanol–water partition coefficient (Wildman–Crippen LogP) is 2.48. The minimum absolute atomic E-state index is 0.147. The van der Waals surface area contributed by atoms with E-state index in [9.17, 15) is 14.4 Å². The number of amides is 3. The number of ether oxygens (including phenoxy) is 1. The van der Waals surface area contributed by atoms with Crippen LogP contribution in [0, 0.1) is 0 Å². The summed E-state index contributed by atoms with van der Waals surface area (Å²) < 4.78 is 6.40. The minimum Gasteiger partial charge on any atom is -0.489 e. The molecule has 3 aliphatic rings. The van der Waals surface area contributed by atoms with E-state index in [1.807, 2.05) is 18.2 Å². The Labute approximate surface area is 177 Å². The Morgan fingerprint density at radius 1 is 1.20 bits per heavy atom. The van der Waals surface area contributed by atoms with Gasteiger partial charge in [0.25, 0.3) is 5.91 Å². The third kappa shape index (κ3) is 3.83. The molecule has 1 unspecified atom stereocenters. The van der Waals surface area contributed by atoms with Crippen molar-refractivity contribution in [2.24, 2.45) is 0 Å². The number of carbonyl (C=O) groups excluding carboxylic acids is 3. The summed E-state index contributed by atoms with van der Waals surface area (Å²) in [6.07, 6.45) is 4.12. The van der Waals surface area contributed by atoms with Gasteiger partial charge in [0.1, 0.15) is 17.9 Å². The highest BCUT2D eigenvalue weighted by molar-refractivity contribution is 6.05. The van der Waals surface area contributed by atoms with Crippen molar-refractivity contribution in [2.45, 2.75) is 83.6 Å². The maximum atomic E-state index is 12.8. The molecule has 1 aliphatic carbocycles. The van der Waals surface area contributed by atoms with E-state index in [0.29, 0.717) is 30.6 Å². The molecule has 1 saturated carbocycles. The summed E-state index contributed by atoms with van der Waals surface area (Å²) in [6, 6.07) is 5.92. The maximum Gasteiger partial charge on any atom is 0.255 e. The number of benzene rings is 1. The number of hydrogen-bond donors (Lipinski definition) is 1. The fraction of sp³-hybridized carbons (Fsp3) is 0.609. The molecular formula is C23H31N3O4. The Kier molecular flexibility index (Phi) is 5.82. The molecular weight excluding hydrogens is 382 g/mol. The fourth-order valence-electron chi connectivity index (χ4n) is 5.20. The second-order valence-electron chi connectivity index (χ2n) is 8.80. The molecule has 4 rings (SSSR count). The molecule has 7 nitrogen and oxygen atoms in total. The van der Waals surface area contributed by atoms with Gasteiger partial charge in [0, 0.05) is 30.6 Å². The zero-order chi connectivity index (χ0) is 21.4. The van der Waals surface area contributed by atoms with E-state index in [0.717, 1.165) is 37.1 Å². The highest BCUT2D eigenvalue weighted by atomic mass is 16.5. The van der Waals surface area contributed by atoms with Crippen molar-refractivity contribution in [2.75, 3.05) is 6.54 Å². The number of rotatable bonds is 6. The van der Waals surface area contributed by atoms with Gasteiger partial charge in [-0.1, -0.05) is 6.92 Å². The standard InChI is InChI=1S/C23H31N3O4/c1-4-25(14(2)3)18-6-5-7-20(18)30-16-8-9-17-15(12-16)13-26(23(17)29)19-10-11-21(27)24-22(19)28/h8-9,12,14,18-20H,4-7,10-11,13H2,1-3H3,(H,24,27,28)/t18-,19?,20+/m1/s1. The van der Waals surface area contributed by atoms with Gasteiger partial charge < -0.3 is 9.64 Å². The molecule has 7 heteroatoms. The van der Waals surface area contributed by atoms with Crippen LogP contribution >= 0.6 is 0 Å². The Balaban J connectivity index is 1.48. The number of carbonyl (C=O) groups is 3. The Hall–Kier alpha value is -2.41. The first-order chi connectivity index (χ1) is 14.4. The summed E-state index contributed by atoms with van der Waals surface area (Å²) in [5.74, 6) is -0.0269. The summed E-state index contributed by atoms with van der Waals surface area (Å²) in [4.78, 5) is 40.6. The van der Waals surface area contributed by atoms with Crippen LogP contribution in [0.3, 0.4) is 0 Å². The van der Waals surface area contributed by atoms with E-state index in [4.69, 9.17) is 4.74 Å². The lowest BCUT2D eigenvalue weighted by molar-refractivity contribution is -0.136. The first-order valence-electron chi connectivity index (χ1n) is 11.1.